The van der Waals surface area contributed by atoms with Gasteiger partial charge in [0.25, 0.3) is 0 Å². The maximum Gasteiger partial charge on any atom is 0.247 e. The molecule has 27 heavy (non-hydrogen) atoms. The maximum absolute atomic E-state index is 11.3. The van der Waals surface area contributed by atoms with Crippen LogP contribution in [0.3, 0.4) is 0 Å². The van der Waals surface area contributed by atoms with Crippen LogP contribution in [0.5, 0.6) is 0 Å². The fourth-order valence-electron chi connectivity index (χ4n) is 2.49. The maximum atomic E-state index is 11.3. The molecule has 1 heterocycles. The number of rotatable bonds is 6. The summed E-state index contributed by atoms with van der Waals surface area (Å²) >= 11 is 1.16. The second-order valence-corrected chi connectivity index (χ2v) is 10.3. The molecular formula is C19H28N4O2S2. The van der Waals surface area contributed by atoms with Gasteiger partial charge in [0.1, 0.15) is 4.21 Å². The molecule has 0 radical (unpaired) electrons. The molecule has 0 saturated heterocycles. The van der Waals surface area contributed by atoms with Crippen molar-refractivity contribution in [3.05, 3.63) is 52.4 Å². The number of hydrogen-bond donors (Lipinski definition) is 3. The molecule has 0 unspecified atom stereocenters. The Labute approximate surface area is 166 Å². The van der Waals surface area contributed by atoms with Gasteiger partial charge in [-0.2, -0.15) is 0 Å². The largest absolute Gasteiger partial charge is 0.356 e. The smallest absolute Gasteiger partial charge is 0.247 e. The van der Waals surface area contributed by atoms with Crippen molar-refractivity contribution < 1.29 is 8.42 Å². The van der Waals surface area contributed by atoms with E-state index < -0.39 is 10.0 Å². The highest BCUT2D eigenvalue weighted by Crippen LogP contribution is 2.22. The highest BCUT2D eigenvalue weighted by Gasteiger charge is 2.13. The predicted octanol–water partition coefficient (Wildman–Crippen LogP) is 2.60. The van der Waals surface area contributed by atoms with Crippen molar-refractivity contribution in [2.75, 3.05) is 13.6 Å². The number of benzene rings is 1. The van der Waals surface area contributed by atoms with Crippen molar-refractivity contribution in [3.63, 3.8) is 0 Å². The Morgan fingerprint density at radius 3 is 2.30 bits per heavy atom. The normalized spacial score (nSPS) is 12.9. The van der Waals surface area contributed by atoms with Gasteiger partial charge in [0.2, 0.25) is 10.0 Å². The third kappa shape index (κ3) is 6.64. The minimum atomic E-state index is -3.64. The molecule has 0 spiro atoms. The van der Waals surface area contributed by atoms with E-state index in [2.05, 4.69) is 60.7 Å². The van der Waals surface area contributed by atoms with E-state index in [1.165, 1.54) is 17.2 Å². The number of guanidine groups is 1. The van der Waals surface area contributed by atoms with E-state index in [0.29, 0.717) is 12.5 Å². The molecule has 0 amide bonds. The molecule has 0 aliphatic carbocycles. The lowest BCUT2D eigenvalue weighted by molar-refractivity contribution is 0.590. The van der Waals surface area contributed by atoms with E-state index in [9.17, 15) is 8.42 Å². The van der Waals surface area contributed by atoms with Crippen LogP contribution >= 0.6 is 11.3 Å². The summed E-state index contributed by atoms with van der Waals surface area (Å²) in [5.74, 6) is 0.673. The van der Waals surface area contributed by atoms with Gasteiger partial charge in [-0.15, -0.1) is 11.3 Å². The van der Waals surface area contributed by atoms with Crippen LogP contribution < -0.4 is 15.8 Å². The molecule has 2 aromatic rings. The number of nitrogens with two attached hydrogens (primary N) is 1. The Morgan fingerprint density at radius 2 is 1.78 bits per heavy atom. The van der Waals surface area contributed by atoms with Crippen LogP contribution in [0.15, 0.2) is 45.6 Å². The van der Waals surface area contributed by atoms with Gasteiger partial charge in [0.15, 0.2) is 5.96 Å². The topological polar surface area (TPSA) is 96.6 Å². The fourth-order valence-corrected chi connectivity index (χ4v) is 4.21. The molecule has 0 fully saturated rings. The molecule has 1 aromatic heterocycles. The zero-order valence-electron chi connectivity index (χ0n) is 16.2. The first-order valence-electron chi connectivity index (χ1n) is 8.75. The summed E-state index contributed by atoms with van der Waals surface area (Å²) in [6, 6.07) is 12.0. The SMILES string of the molecule is CN=C(NCCc1ccc(C(C)(C)C)cc1)NCc1ccc(S(N)(=O)=O)s1. The molecule has 0 aliphatic heterocycles. The third-order valence-corrected chi connectivity index (χ3v) is 6.62. The number of sulfonamides is 1. The molecule has 0 saturated carbocycles. The number of aliphatic imine (C=N–C) groups is 1. The van der Waals surface area contributed by atoms with Crippen LogP contribution in [0.4, 0.5) is 0 Å². The van der Waals surface area contributed by atoms with Gasteiger partial charge in [-0.1, -0.05) is 45.0 Å². The van der Waals surface area contributed by atoms with Gasteiger partial charge in [0.05, 0.1) is 6.54 Å². The lowest BCUT2D eigenvalue weighted by atomic mass is 9.86. The number of primary sulfonamides is 1. The first kappa shape index (κ1) is 21.4. The molecule has 4 N–H and O–H groups in total. The van der Waals surface area contributed by atoms with Crippen LogP contribution in [-0.2, 0) is 28.4 Å². The summed E-state index contributed by atoms with van der Waals surface area (Å²) in [6.07, 6.45) is 0.889. The Morgan fingerprint density at radius 1 is 1.11 bits per heavy atom. The zero-order valence-corrected chi connectivity index (χ0v) is 17.9. The lowest BCUT2D eigenvalue weighted by Crippen LogP contribution is -2.37. The third-order valence-electron chi connectivity index (χ3n) is 4.10. The van der Waals surface area contributed by atoms with E-state index in [0.717, 1.165) is 29.2 Å². The van der Waals surface area contributed by atoms with Crippen LogP contribution in [0.2, 0.25) is 0 Å². The summed E-state index contributed by atoms with van der Waals surface area (Å²) < 4.78 is 22.8. The average molecular weight is 409 g/mol. The second kappa shape index (κ2) is 8.86. The number of thiophene rings is 1. The molecule has 0 bridgehead atoms. The van der Waals surface area contributed by atoms with Gasteiger partial charge in [-0.05, 0) is 35.1 Å². The molecule has 2 rings (SSSR count). The number of hydrogen-bond acceptors (Lipinski definition) is 4. The highest BCUT2D eigenvalue weighted by atomic mass is 32.2. The van der Waals surface area contributed by atoms with Gasteiger partial charge in [0, 0.05) is 18.5 Å². The van der Waals surface area contributed by atoms with Crippen molar-refractivity contribution >= 4 is 27.3 Å². The minimum Gasteiger partial charge on any atom is -0.356 e. The van der Waals surface area contributed by atoms with Gasteiger partial charge in [-0.25, -0.2) is 13.6 Å². The molecule has 8 heteroatoms. The van der Waals surface area contributed by atoms with E-state index in [1.54, 1.807) is 13.1 Å². The summed E-state index contributed by atoms with van der Waals surface area (Å²) in [5.41, 5.74) is 2.75. The quantitative estimate of drug-likeness (QED) is 0.506. The Kier molecular flexibility index (Phi) is 7.02. The predicted molar refractivity (Wildman–Crippen MR) is 113 cm³/mol. The summed E-state index contributed by atoms with van der Waals surface area (Å²) in [6.45, 7) is 7.86. The monoisotopic (exact) mass is 408 g/mol. The molecule has 6 nitrogen and oxygen atoms in total. The Bertz CT molecular complexity index is 879. The van der Waals surface area contributed by atoms with Crippen LogP contribution in [0.1, 0.15) is 36.8 Å². The molecule has 0 atom stereocenters. The summed E-state index contributed by atoms with van der Waals surface area (Å²) in [7, 11) is -1.93. The molecule has 148 valence electrons. The van der Waals surface area contributed by atoms with E-state index in [1.807, 2.05) is 0 Å². The van der Waals surface area contributed by atoms with Crippen molar-refractivity contribution in [2.24, 2.45) is 10.1 Å². The highest BCUT2D eigenvalue weighted by molar-refractivity contribution is 7.91. The van der Waals surface area contributed by atoms with E-state index in [4.69, 9.17) is 5.14 Å². The fraction of sp³-hybridized carbons (Fsp3) is 0.421. The van der Waals surface area contributed by atoms with Gasteiger partial charge in [-0.3, -0.25) is 4.99 Å². The van der Waals surface area contributed by atoms with Crippen LogP contribution in [0.25, 0.3) is 0 Å². The van der Waals surface area contributed by atoms with E-state index in [-0.39, 0.29) is 9.62 Å². The molecule has 0 aliphatic rings. The molecule has 1 aromatic carbocycles. The van der Waals surface area contributed by atoms with Gasteiger partial charge >= 0.3 is 0 Å². The molecular weight excluding hydrogens is 380 g/mol. The van der Waals surface area contributed by atoms with Crippen molar-refractivity contribution in [1.29, 1.82) is 0 Å². The minimum absolute atomic E-state index is 0.160. The van der Waals surface area contributed by atoms with Crippen LogP contribution in [0, 0.1) is 0 Å². The Balaban J connectivity index is 1.81. The first-order valence-corrected chi connectivity index (χ1v) is 11.1. The van der Waals surface area contributed by atoms with Crippen molar-refractivity contribution in [3.8, 4) is 0 Å². The zero-order chi connectivity index (χ0) is 20.1. The van der Waals surface area contributed by atoms with Crippen molar-refractivity contribution in [2.45, 2.75) is 43.4 Å². The summed E-state index contributed by atoms with van der Waals surface area (Å²) in [4.78, 5) is 5.07. The van der Waals surface area contributed by atoms with Crippen LogP contribution in [-0.4, -0.2) is 28.0 Å². The summed E-state index contributed by atoms with van der Waals surface area (Å²) in [5, 5.41) is 11.6. The van der Waals surface area contributed by atoms with Crippen molar-refractivity contribution in [1.82, 2.24) is 10.6 Å². The standard InChI is InChI=1S/C19H28N4O2S2/c1-19(2,3)15-7-5-14(6-8-15)11-12-22-18(21-4)23-13-16-9-10-17(26-16)27(20,24)25/h5-10H,11-13H2,1-4H3,(H2,20,24,25)(H2,21,22,23). The number of nitrogens with one attached hydrogen (secondary N) is 2. The lowest BCUT2D eigenvalue weighted by Gasteiger charge is -2.19. The average Bonchev–Trinajstić information content (AvgIpc) is 3.07. The second-order valence-electron chi connectivity index (χ2n) is 7.32. The Hall–Kier alpha value is -1.90. The number of nitrogens with zero attached hydrogens (tertiary/aromatic N) is 1. The van der Waals surface area contributed by atoms with Gasteiger partial charge < -0.3 is 10.6 Å². The van der Waals surface area contributed by atoms with E-state index >= 15 is 0 Å². The first-order chi connectivity index (χ1) is 12.6.